The van der Waals surface area contributed by atoms with E-state index in [4.69, 9.17) is 0 Å². The number of allylic oxidation sites excluding steroid dienone is 7. The summed E-state index contributed by atoms with van der Waals surface area (Å²) in [7, 11) is 0. The van der Waals surface area contributed by atoms with E-state index in [0.717, 1.165) is 5.92 Å². The molecule has 0 fully saturated rings. The normalized spacial score (nSPS) is 31.8. The van der Waals surface area contributed by atoms with E-state index in [1.807, 2.05) is 6.08 Å². The predicted octanol–water partition coefficient (Wildman–Crippen LogP) is 3.64. The maximum absolute atomic E-state index is 3.90. The van der Waals surface area contributed by atoms with Gasteiger partial charge in [-0.05, 0) is 31.3 Å². The quantitative estimate of drug-likeness (QED) is 0.566. The number of hydrogen-bond acceptors (Lipinski definition) is 0. The third-order valence-corrected chi connectivity index (χ3v) is 3.08. The van der Waals surface area contributed by atoms with Crippen LogP contribution < -0.4 is 0 Å². The lowest BCUT2D eigenvalue weighted by molar-refractivity contribution is 0.492. The molecule has 0 saturated heterocycles. The fraction of sp³-hybridized carbons (Fsp3) is 0.385. The van der Waals surface area contributed by atoms with Gasteiger partial charge in [-0.3, -0.25) is 0 Å². The Labute approximate surface area is 80.3 Å². The van der Waals surface area contributed by atoms with Crippen molar-refractivity contribution in [3.63, 3.8) is 0 Å². The lowest BCUT2D eigenvalue weighted by atomic mass is 9.78. The first kappa shape index (κ1) is 8.55. The highest BCUT2D eigenvalue weighted by Gasteiger charge is 2.23. The van der Waals surface area contributed by atoms with E-state index in [9.17, 15) is 0 Å². The van der Waals surface area contributed by atoms with Crippen LogP contribution in [0.3, 0.4) is 0 Å². The fourth-order valence-electron chi connectivity index (χ4n) is 2.44. The number of hydrogen-bond donors (Lipinski definition) is 0. The maximum atomic E-state index is 3.90. The van der Waals surface area contributed by atoms with Crippen molar-refractivity contribution in [1.29, 1.82) is 0 Å². The summed E-state index contributed by atoms with van der Waals surface area (Å²) in [6.45, 7) is 6.14. The molecule has 0 heteroatoms. The molecule has 2 aliphatic carbocycles. The standard InChI is InChI=1S/C13H16/c1-3-13-10(2)8-11-6-4-5-7-12(13)9-11/h3-7,11-12H,1,8-9H2,2H3. The van der Waals surface area contributed by atoms with Crippen LogP contribution in [0, 0.1) is 11.8 Å². The van der Waals surface area contributed by atoms with Gasteiger partial charge in [0.2, 0.25) is 0 Å². The van der Waals surface area contributed by atoms with Crippen molar-refractivity contribution >= 4 is 0 Å². The van der Waals surface area contributed by atoms with Crippen LogP contribution in [0.2, 0.25) is 0 Å². The minimum Gasteiger partial charge on any atom is -0.0988 e. The van der Waals surface area contributed by atoms with Crippen molar-refractivity contribution < 1.29 is 0 Å². The highest BCUT2D eigenvalue weighted by atomic mass is 14.3. The van der Waals surface area contributed by atoms with E-state index in [1.54, 1.807) is 0 Å². The Morgan fingerprint density at radius 1 is 1.38 bits per heavy atom. The zero-order valence-corrected chi connectivity index (χ0v) is 8.16. The molecule has 2 aliphatic rings. The average molecular weight is 172 g/mol. The van der Waals surface area contributed by atoms with Gasteiger partial charge in [-0.15, -0.1) is 0 Å². The molecule has 0 aliphatic heterocycles. The van der Waals surface area contributed by atoms with Gasteiger partial charge in [0, 0.05) is 5.92 Å². The largest absolute Gasteiger partial charge is 0.0988 e. The fourth-order valence-corrected chi connectivity index (χ4v) is 2.44. The minimum atomic E-state index is 0.617. The molecule has 68 valence electrons. The van der Waals surface area contributed by atoms with Crippen LogP contribution in [0.5, 0.6) is 0 Å². The molecule has 0 amide bonds. The van der Waals surface area contributed by atoms with Crippen molar-refractivity contribution in [2.45, 2.75) is 19.8 Å². The second-order valence-electron chi connectivity index (χ2n) is 4.02. The van der Waals surface area contributed by atoms with Crippen molar-refractivity contribution in [3.8, 4) is 0 Å². The van der Waals surface area contributed by atoms with Crippen molar-refractivity contribution in [2.24, 2.45) is 11.8 Å². The smallest absolute Gasteiger partial charge is 0.00260 e. The molecule has 0 spiro atoms. The Hall–Kier alpha value is -1.04. The topological polar surface area (TPSA) is 0 Å². The van der Waals surface area contributed by atoms with E-state index in [0.29, 0.717) is 5.92 Å². The molecule has 2 atom stereocenters. The van der Waals surface area contributed by atoms with Gasteiger partial charge in [-0.25, -0.2) is 0 Å². The van der Waals surface area contributed by atoms with Gasteiger partial charge in [0.15, 0.2) is 0 Å². The van der Waals surface area contributed by atoms with Gasteiger partial charge in [-0.2, -0.15) is 0 Å². The summed E-state index contributed by atoms with van der Waals surface area (Å²) in [6, 6.07) is 0. The molecular weight excluding hydrogens is 156 g/mol. The number of rotatable bonds is 1. The van der Waals surface area contributed by atoms with Gasteiger partial charge in [0.1, 0.15) is 0 Å². The molecule has 0 nitrogen and oxygen atoms in total. The number of fused-ring (bicyclic) bond motifs is 2. The third-order valence-electron chi connectivity index (χ3n) is 3.08. The first-order chi connectivity index (χ1) is 6.31. The molecule has 0 aromatic rings. The summed E-state index contributed by atoms with van der Waals surface area (Å²) < 4.78 is 0. The van der Waals surface area contributed by atoms with E-state index in [-0.39, 0.29) is 0 Å². The Balaban J connectivity index is 2.38. The first-order valence-corrected chi connectivity index (χ1v) is 4.98. The molecule has 0 saturated carbocycles. The summed E-state index contributed by atoms with van der Waals surface area (Å²) in [5, 5.41) is 0. The summed E-state index contributed by atoms with van der Waals surface area (Å²) >= 11 is 0. The molecule has 2 unspecified atom stereocenters. The van der Waals surface area contributed by atoms with Crippen LogP contribution in [0.25, 0.3) is 0 Å². The van der Waals surface area contributed by atoms with Crippen LogP contribution in [0.1, 0.15) is 19.8 Å². The molecule has 13 heavy (non-hydrogen) atoms. The Bertz CT molecular complexity index is 302. The van der Waals surface area contributed by atoms with Crippen LogP contribution in [-0.2, 0) is 0 Å². The monoisotopic (exact) mass is 172 g/mol. The molecule has 2 rings (SSSR count). The lowest BCUT2D eigenvalue weighted by Gasteiger charge is -2.27. The van der Waals surface area contributed by atoms with E-state index in [1.165, 1.54) is 24.0 Å². The van der Waals surface area contributed by atoms with Crippen LogP contribution >= 0.6 is 0 Å². The lowest BCUT2D eigenvalue weighted by Crippen LogP contribution is -2.14. The van der Waals surface area contributed by atoms with Crippen LogP contribution in [0.15, 0.2) is 48.1 Å². The zero-order chi connectivity index (χ0) is 9.26. The summed E-state index contributed by atoms with van der Waals surface area (Å²) in [5.74, 6) is 1.37. The van der Waals surface area contributed by atoms with E-state index in [2.05, 4.69) is 37.8 Å². The van der Waals surface area contributed by atoms with Gasteiger partial charge in [-0.1, -0.05) is 42.5 Å². The Morgan fingerprint density at radius 2 is 2.15 bits per heavy atom. The Kier molecular flexibility index (Phi) is 2.22. The SMILES string of the molecule is C=CC1=C(C)CC2C=CC=CC1C2. The van der Waals surface area contributed by atoms with Gasteiger partial charge in [0.25, 0.3) is 0 Å². The van der Waals surface area contributed by atoms with Crippen LogP contribution in [0.4, 0.5) is 0 Å². The first-order valence-electron chi connectivity index (χ1n) is 4.98. The summed E-state index contributed by atoms with van der Waals surface area (Å²) in [4.78, 5) is 0. The average Bonchev–Trinajstić information content (AvgIpc) is 2.29. The second kappa shape index (κ2) is 3.37. The third kappa shape index (κ3) is 1.53. The molecule has 0 heterocycles. The predicted molar refractivity (Wildman–Crippen MR) is 57.4 cm³/mol. The van der Waals surface area contributed by atoms with Gasteiger partial charge >= 0.3 is 0 Å². The molecule has 0 N–H and O–H groups in total. The van der Waals surface area contributed by atoms with E-state index >= 15 is 0 Å². The molecular formula is C13H16. The van der Waals surface area contributed by atoms with Crippen molar-refractivity contribution in [3.05, 3.63) is 48.1 Å². The molecule has 0 radical (unpaired) electrons. The Morgan fingerprint density at radius 3 is 2.92 bits per heavy atom. The molecule has 0 aromatic carbocycles. The van der Waals surface area contributed by atoms with Crippen LogP contribution in [-0.4, -0.2) is 0 Å². The van der Waals surface area contributed by atoms with Crippen molar-refractivity contribution in [1.82, 2.24) is 0 Å². The highest BCUT2D eigenvalue weighted by molar-refractivity contribution is 5.34. The van der Waals surface area contributed by atoms with E-state index < -0.39 is 0 Å². The summed E-state index contributed by atoms with van der Waals surface area (Å²) in [5.41, 5.74) is 2.98. The highest BCUT2D eigenvalue weighted by Crippen LogP contribution is 2.37. The molecule has 2 bridgehead atoms. The maximum Gasteiger partial charge on any atom is 0.00260 e. The zero-order valence-electron chi connectivity index (χ0n) is 8.16. The van der Waals surface area contributed by atoms with Crippen molar-refractivity contribution in [2.75, 3.05) is 0 Å². The van der Waals surface area contributed by atoms with Gasteiger partial charge in [0.05, 0.1) is 0 Å². The summed E-state index contributed by atoms with van der Waals surface area (Å²) in [6.07, 6.45) is 13.5. The molecule has 0 aromatic heterocycles. The second-order valence-corrected chi connectivity index (χ2v) is 4.02. The minimum absolute atomic E-state index is 0.617. The van der Waals surface area contributed by atoms with Gasteiger partial charge < -0.3 is 0 Å².